The molecule has 0 fully saturated rings. The minimum absolute atomic E-state index is 0.0305. The van der Waals surface area contributed by atoms with E-state index < -0.39 is 0 Å². The lowest BCUT2D eigenvalue weighted by Gasteiger charge is -2.18. The molecule has 0 unspecified atom stereocenters. The third-order valence-corrected chi connectivity index (χ3v) is 3.69. The molecule has 24 heavy (non-hydrogen) atoms. The first-order valence-corrected chi connectivity index (χ1v) is 8.08. The first-order chi connectivity index (χ1) is 11.8. The molecule has 0 aliphatic carbocycles. The van der Waals surface area contributed by atoms with Crippen molar-refractivity contribution in [2.75, 3.05) is 32.1 Å². The highest BCUT2D eigenvalue weighted by Crippen LogP contribution is 2.34. The normalized spacial score (nSPS) is 12.7. The van der Waals surface area contributed by atoms with Gasteiger partial charge < -0.3 is 20.1 Å². The number of carbonyl (C=O) groups is 1. The summed E-state index contributed by atoms with van der Waals surface area (Å²) in [7, 11) is 1.87. The summed E-state index contributed by atoms with van der Waals surface area (Å²) in [6.45, 7) is 1.93. The van der Waals surface area contributed by atoms with Gasteiger partial charge in [0.2, 0.25) is 5.91 Å². The largest absolute Gasteiger partial charge is 0.486 e. The molecule has 6 nitrogen and oxygen atoms in total. The van der Waals surface area contributed by atoms with Crippen LogP contribution in [-0.4, -0.2) is 37.7 Å². The Balaban J connectivity index is 1.72. The average Bonchev–Trinajstić information content (AvgIpc) is 2.62. The SMILES string of the molecule is CNCCCC(=O)Nc1cccc(-c2ccc3c(c2)OCCO3)n1. The van der Waals surface area contributed by atoms with E-state index in [1.165, 1.54) is 0 Å². The van der Waals surface area contributed by atoms with E-state index in [2.05, 4.69) is 15.6 Å². The lowest BCUT2D eigenvalue weighted by Crippen LogP contribution is -2.16. The summed E-state index contributed by atoms with van der Waals surface area (Å²) in [6.07, 6.45) is 1.26. The molecule has 2 heterocycles. The molecule has 2 N–H and O–H groups in total. The molecule has 1 aromatic heterocycles. The van der Waals surface area contributed by atoms with E-state index in [0.29, 0.717) is 25.5 Å². The Hall–Kier alpha value is -2.60. The van der Waals surface area contributed by atoms with Crippen LogP contribution < -0.4 is 20.1 Å². The number of nitrogens with zero attached hydrogens (tertiary/aromatic N) is 1. The second-order valence-corrected chi connectivity index (χ2v) is 5.52. The molecule has 0 saturated heterocycles. The molecule has 2 aromatic rings. The first-order valence-electron chi connectivity index (χ1n) is 8.08. The van der Waals surface area contributed by atoms with Crippen molar-refractivity contribution in [3.63, 3.8) is 0 Å². The number of rotatable bonds is 6. The van der Waals surface area contributed by atoms with Crippen molar-refractivity contribution in [1.82, 2.24) is 10.3 Å². The molecule has 1 amide bonds. The number of ether oxygens (including phenoxy) is 2. The predicted molar refractivity (Wildman–Crippen MR) is 92.5 cm³/mol. The molecule has 3 rings (SSSR count). The Morgan fingerprint density at radius 2 is 2.00 bits per heavy atom. The van der Waals surface area contributed by atoms with Gasteiger partial charge in [-0.25, -0.2) is 4.98 Å². The van der Waals surface area contributed by atoms with Crippen molar-refractivity contribution in [2.24, 2.45) is 0 Å². The second kappa shape index (κ2) is 7.79. The van der Waals surface area contributed by atoms with Crippen molar-refractivity contribution < 1.29 is 14.3 Å². The maximum atomic E-state index is 11.9. The summed E-state index contributed by atoms with van der Waals surface area (Å²) in [5, 5.41) is 5.86. The van der Waals surface area contributed by atoms with E-state index in [4.69, 9.17) is 9.47 Å². The van der Waals surface area contributed by atoms with Gasteiger partial charge in [0, 0.05) is 12.0 Å². The number of nitrogens with one attached hydrogen (secondary N) is 2. The van der Waals surface area contributed by atoms with Gasteiger partial charge in [-0.1, -0.05) is 6.07 Å². The quantitative estimate of drug-likeness (QED) is 0.798. The molecule has 126 valence electrons. The van der Waals surface area contributed by atoms with Gasteiger partial charge in [-0.15, -0.1) is 0 Å². The van der Waals surface area contributed by atoms with Crippen LogP contribution in [0.3, 0.4) is 0 Å². The summed E-state index contributed by atoms with van der Waals surface area (Å²) in [5.41, 5.74) is 1.70. The number of pyridine rings is 1. The fourth-order valence-corrected chi connectivity index (χ4v) is 2.50. The van der Waals surface area contributed by atoms with E-state index >= 15 is 0 Å². The highest BCUT2D eigenvalue weighted by Gasteiger charge is 2.13. The van der Waals surface area contributed by atoms with Crippen molar-refractivity contribution in [3.8, 4) is 22.8 Å². The molecule has 0 atom stereocenters. The van der Waals surface area contributed by atoms with Crippen molar-refractivity contribution >= 4 is 11.7 Å². The van der Waals surface area contributed by atoms with Gasteiger partial charge in [0.15, 0.2) is 11.5 Å². The van der Waals surface area contributed by atoms with Gasteiger partial charge in [0.1, 0.15) is 19.0 Å². The third-order valence-electron chi connectivity index (χ3n) is 3.69. The topological polar surface area (TPSA) is 72.5 Å². The van der Waals surface area contributed by atoms with E-state index in [0.717, 1.165) is 35.7 Å². The highest BCUT2D eigenvalue weighted by molar-refractivity contribution is 5.90. The molecule has 0 spiro atoms. The van der Waals surface area contributed by atoms with Crippen LogP contribution in [0.5, 0.6) is 11.5 Å². The van der Waals surface area contributed by atoms with Gasteiger partial charge in [0.25, 0.3) is 0 Å². The van der Waals surface area contributed by atoms with E-state index in [1.54, 1.807) is 6.07 Å². The second-order valence-electron chi connectivity index (χ2n) is 5.52. The standard InChI is InChI=1S/C18H21N3O3/c1-19-9-3-6-18(22)21-17-5-2-4-14(20-17)13-7-8-15-16(12-13)24-11-10-23-15/h2,4-5,7-8,12,19H,3,6,9-11H2,1H3,(H,20,21,22). The Morgan fingerprint density at radius 3 is 2.83 bits per heavy atom. The molecule has 1 aliphatic rings. The highest BCUT2D eigenvalue weighted by atomic mass is 16.6. The van der Waals surface area contributed by atoms with Gasteiger partial charge >= 0.3 is 0 Å². The summed E-state index contributed by atoms with van der Waals surface area (Å²) in [5.74, 6) is 2.00. The Morgan fingerprint density at radius 1 is 1.17 bits per heavy atom. The monoisotopic (exact) mass is 327 g/mol. The maximum Gasteiger partial charge on any atom is 0.225 e. The molecule has 1 aliphatic heterocycles. The van der Waals surface area contributed by atoms with Crippen LogP contribution in [0.4, 0.5) is 5.82 Å². The van der Waals surface area contributed by atoms with Gasteiger partial charge in [-0.05, 0) is 50.3 Å². The van der Waals surface area contributed by atoms with Crippen LogP contribution in [0, 0.1) is 0 Å². The number of anilines is 1. The molecular weight excluding hydrogens is 306 g/mol. The minimum Gasteiger partial charge on any atom is -0.486 e. The Kier molecular flexibility index (Phi) is 5.28. The zero-order valence-corrected chi connectivity index (χ0v) is 13.7. The van der Waals surface area contributed by atoms with Crippen LogP contribution in [0.1, 0.15) is 12.8 Å². The van der Waals surface area contributed by atoms with Crippen LogP contribution >= 0.6 is 0 Å². The van der Waals surface area contributed by atoms with Crippen molar-refractivity contribution in [2.45, 2.75) is 12.8 Å². The molecule has 1 aromatic carbocycles. The lowest BCUT2D eigenvalue weighted by molar-refractivity contribution is -0.116. The maximum absolute atomic E-state index is 11.9. The predicted octanol–water partition coefficient (Wildman–Crippen LogP) is 2.46. The zero-order valence-electron chi connectivity index (χ0n) is 13.7. The number of fused-ring (bicyclic) bond motifs is 1. The Bertz CT molecular complexity index is 718. The zero-order chi connectivity index (χ0) is 16.8. The fraction of sp³-hybridized carbons (Fsp3) is 0.333. The van der Waals surface area contributed by atoms with E-state index in [-0.39, 0.29) is 5.91 Å². The number of amides is 1. The summed E-state index contributed by atoms with van der Waals surface area (Å²) < 4.78 is 11.1. The van der Waals surface area contributed by atoms with Crippen molar-refractivity contribution in [3.05, 3.63) is 36.4 Å². The molecule has 0 saturated carbocycles. The lowest BCUT2D eigenvalue weighted by atomic mass is 10.1. The fourth-order valence-electron chi connectivity index (χ4n) is 2.50. The molecular formula is C18H21N3O3. The van der Waals surface area contributed by atoms with E-state index in [1.807, 2.05) is 37.4 Å². The third kappa shape index (κ3) is 4.02. The van der Waals surface area contributed by atoms with Gasteiger partial charge in [-0.2, -0.15) is 0 Å². The number of aromatic nitrogens is 1. The average molecular weight is 327 g/mol. The molecule has 0 bridgehead atoms. The van der Waals surface area contributed by atoms with E-state index in [9.17, 15) is 4.79 Å². The summed E-state index contributed by atoms with van der Waals surface area (Å²) >= 11 is 0. The van der Waals surface area contributed by atoms with Crippen LogP contribution in [0.2, 0.25) is 0 Å². The Labute approximate surface area is 141 Å². The summed E-state index contributed by atoms with van der Waals surface area (Å²) in [6, 6.07) is 11.3. The van der Waals surface area contributed by atoms with Crippen LogP contribution in [0.25, 0.3) is 11.3 Å². The smallest absolute Gasteiger partial charge is 0.225 e. The van der Waals surface area contributed by atoms with Crippen LogP contribution in [0.15, 0.2) is 36.4 Å². The first kappa shape index (κ1) is 16.3. The van der Waals surface area contributed by atoms with Gasteiger partial charge in [0.05, 0.1) is 5.69 Å². The molecule has 6 heteroatoms. The number of benzene rings is 1. The van der Waals surface area contributed by atoms with Gasteiger partial charge in [-0.3, -0.25) is 4.79 Å². The van der Waals surface area contributed by atoms with Crippen LogP contribution in [-0.2, 0) is 4.79 Å². The minimum atomic E-state index is -0.0305. The van der Waals surface area contributed by atoms with Crippen molar-refractivity contribution in [1.29, 1.82) is 0 Å². The number of carbonyl (C=O) groups excluding carboxylic acids is 1. The number of hydrogen-bond donors (Lipinski definition) is 2. The number of hydrogen-bond acceptors (Lipinski definition) is 5. The molecule has 0 radical (unpaired) electrons. The summed E-state index contributed by atoms with van der Waals surface area (Å²) in [4.78, 5) is 16.4.